The summed E-state index contributed by atoms with van der Waals surface area (Å²) in [6, 6.07) is 7.71. The second-order valence-electron chi connectivity index (χ2n) is 4.27. The summed E-state index contributed by atoms with van der Waals surface area (Å²) in [5.74, 6) is 0.453. The molecule has 3 nitrogen and oxygen atoms in total. The van der Waals surface area contributed by atoms with Crippen LogP contribution in [0.25, 0.3) is 0 Å². The number of amides is 1. The summed E-state index contributed by atoms with van der Waals surface area (Å²) in [5, 5.41) is 0. The lowest BCUT2D eigenvalue weighted by molar-refractivity contribution is -0.123. The zero-order valence-corrected chi connectivity index (χ0v) is 9.10. The minimum atomic E-state index is -0.301. The van der Waals surface area contributed by atoms with Crippen LogP contribution in [0.1, 0.15) is 25.3 Å². The molecule has 2 N–H and O–H groups in total. The molecule has 0 saturated carbocycles. The smallest absolute Gasteiger partial charge is 0.245 e. The summed E-state index contributed by atoms with van der Waals surface area (Å²) in [7, 11) is 0. The topological polar surface area (TPSA) is 46.3 Å². The Kier molecular flexibility index (Phi) is 2.49. The van der Waals surface area contributed by atoms with Crippen LogP contribution >= 0.6 is 0 Å². The summed E-state index contributed by atoms with van der Waals surface area (Å²) >= 11 is 0. The summed E-state index contributed by atoms with van der Waals surface area (Å²) < 4.78 is 0. The normalized spacial score (nSPS) is 20.7. The number of rotatable bonds is 2. The Morgan fingerprint density at radius 2 is 2.07 bits per heavy atom. The molecular formula is C12H16N2O. The number of para-hydroxylation sites is 1. The number of hydrogen-bond acceptors (Lipinski definition) is 2. The predicted molar refractivity (Wildman–Crippen MR) is 60.9 cm³/mol. The van der Waals surface area contributed by atoms with Gasteiger partial charge in [0.1, 0.15) is 6.04 Å². The molecule has 1 aromatic carbocycles. The Morgan fingerprint density at radius 1 is 1.40 bits per heavy atom. The molecule has 1 atom stereocenters. The van der Waals surface area contributed by atoms with Crippen LogP contribution in [0.15, 0.2) is 24.3 Å². The van der Waals surface area contributed by atoms with Crippen LogP contribution in [-0.2, 0) is 4.79 Å². The van der Waals surface area contributed by atoms with Crippen LogP contribution in [0, 0.1) is 0 Å². The third kappa shape index (κ3) is 1.63. The van der Waals surface area contributed by atoms with E-state index in [4.69, 9.17) is 5.73 Å². The van der Waals surface area contributed by atoms with E-state index in [1.807, 2.05) is 18.2 Å². The number of hydrogen-bond donors (Lipinski definition) is 1. The first kappa shape index (κ1) is 10.2. The highest BCUT2D eigenvalue weighted by Crippen LogP contribution is 2.30. The monoisotopic (exact) mass is 204 g/mol. The van der Waals surface area contributed by atoms with Gasteiger partial charge >= 0.3 is 0 Å². The minimum absolute atomic E-state index is 0.0306. The van der Waals surface area contributed by atoms with Gasteiger partial charge in [0.05, 0.1) is 6.54 Å². The molecule has 80 valence electrons. The minimum Gasteiger partial charge on any atom is -0.318 e. The molecule has 1 aliphatic rings. The van der Waals surface area contributed by atoms with Gasteiger partial charge in [-0.1, -0.05) is 32.0 Å². The molecule has 3 heteroatoms. The molecule has 1 heterocycles. The molecule has 0 radical (unpaired) electrons. The molecule has 1 amide bonds. The fourth-order valence-electron chi connectivity index (χ4n) is 1.89. The van der Waals surface area contributed by atoms with E-state index in [1.165, 1.54) is 5.56 Å². The number of anilines is 1. The van der Waals surface area contributed by atoms with Gasteiger partial charge in [-0.05, 0) is 17.5 Å². The van der Waals surface area contributed by atoms with Crippen molar-refractivity contribution in [1.82, 2.24) is 0 Å². The van der Waals surface area contributed by atoms with Gasteiger partial charge in [-0.15, -0.1) is 0 Å². The predicted octanol–water partition coefficient (Wildman–Crippen LogP) is 1.48. The van der Waals surface area contributed by atoms with Gasteiger partial charge in [-0.3, -0.25) is 4.79 Å². The number of carbonyl (C=O) groups excluding carboxylic acids is 1. The maximum Gasteiger partial charge on any atom is 0.245 e. The number of benzene rings is 1. The molecule has 0 aromatic heterocycles. The summed E-state index contributed by atoms with van der Waals surface area (Å²) in [4.78, 5) is 13.3. The molecule has 1 unspecified atom stereocenters. The highest BCUT2D eigenvalue weighted by Gasteiger charge is 2.35. The van der Waals surface area contributed by atoms with Crippen LogP contribution < -0.4 is 10.6 Å². The SMILES string of the molecule is CC(C)c1ccccc1N1CC(N)C1=O. The molecule has 15 heavy (non-hydrogen) atoms. The Balaban J connectivity index is 2.32. The average Bonchev–Trinajstić information content (AvgIpc) is 2.25. The quantitative estimate of drug-likeness (QED) is 0.742. The Hall–Kier alpha value is -1.35. The molecule has 0 aliphatic carbocycles. The number of nitrogens with zero attached hydrogens (tertiary/aromatic N) is 1. The molecule has 1 fully saturated rings. The van der Waals surface area contributed by atoms with E-state index in [0.29, 0.717) is 12.5 Å². The largest absolute Gasteiger partial charge is 0.318 e. The van der Waals surface area contributed by atoms with E-state index in [9.17, 15) is 4.79 Å². The van der Waals surface area contributed by atoms with Crippen molar-refractivity contribution in [2.75, 3.05) is 11.4 Å². The lowest BCUT2D eigenvalue weighted by Gasteiger charge is -2.37. The van der Waals surface area contributed by atoms with Crippen molar-refractivity contribution < 1.29 is 4.79 Å². The molecule has 0 bridgehead atoms. The third-order valence-corrected chi connectivity index (χ3v) is 2.81. The first-order valence-electron chi connectivity index (χ1n) is 5.27. The van der Waals surface area contributed by atoms with E-state index < -0.39 is 0 Å². The van der Waals surface area contributed by atoms with Crippen molar-refractivity contribution in [3.8, 4) is 0 Å². The Labute approximate surface area is 89.9 Å². The Morgan fingerprint density at radius 3 is 2.60 bits per heavy atom. The summed E-state index contributed by atoms with van der Waals surface area (Å²) in [6.07, 6.45) is 0. The highest BCUT2D eigenvalue weighted by molar-refractivity contribution is 6.04. The van der Waals surface area contributed by atoms with Crippen molar-refractivity contribution in [3.63, 3.8) is 0 Å². The van der Waals surface area contributed by atoms with E-state index in [-0.39, 0.29) is 11.9 Å². The fraction of sp³-hybridized carbons (Fsp3) is 0.417. The number of carbonyl (C=O) groups is 1. The first-order chi connectivity index (χ1) is 7.11. The second-order valence-corrected chi connectivity index (χ2v) is 4.27. The molecule has 1 saturated heterocycles. The van der Waals surface area contributed by atoms with Crippen LogP contribution in [0.3, 0.4) is 0 Å². The molecule has 0 spiro atoms. The van der Waals surface area contributed by atoms with Crippen LogP contribution in [0.2, 0.25) is 0 Å². The van der Waals surface area contributed by atoms with Gasteiger partial charge in [-0.2, -0.15) is 0 Å². The van der Waals surface area contributed by atoms with E-state index in [1.54, 1.807) is 4.90 Å². The maximum absolute atomic E-state index is 11.5. The lowest BCUT2D eigenvalue weighted by atomic mass is 9.97. The third-order valence-electron chi connectivity index (χ3n) is 2.81. The van der Waals surface area contributed by atoms with Gasteiger partial charge in [0.2, 0.25) is 5.91 Å². The summed E-state index contributed by atoms with van der Waals surface area (Å²) in [6.45, 7) is 4.90. The Bertz CT molecular complexity index is 387. The van der Waals surface area contributed by atoms with Gasteiger partial charge < -0.3 is 10.6 Å². The fourth-order valence-corrected chi connectivity index (χ4v) is 1.89. The first-order valence-corrected chi connectivity index (χ1v) is 5.27. The van der Waals surface area contributed by atoms with Gasteiger partial charge in [-0.25, -0.2) is 0 Å². The average molecular weight is 204 g/mol. The molecular weight excluding hydrogens is 188 g/mol. The van der Waals surface area contributed by atoms with Gasteiger partial charge in [0, 0.05) is 5.69 Å². The van der Waals surface area contributed by atoms with Crippen molar-refractivity contribution >= 4 is 11.6 Å². The maximum atomic E-state index is 11.5. The molecule has 2 rings (SSSR count). The lowest BCUT2D eigenvalue weighted by Crippen LogP contribution is -2.61. The van der Waals surface area contributed by atoms with Gasteiger partial charge in [0.15, 0.2) is 0 Å². The van der Waals surface area contributed by atoms with Gasteiger partial charge in [0.25, 0.3) is 0 Å². The highest BCUT2D eigenvalue weighted by atomic mass is 16.2. The van der Waals surface area contributed by atoms with Crippen LogP contribution in [-0.4, -0.2) is 18.5 Å². The second kappa shape index (κ2) is 3.66. The van der Waals surface area contributed by atoms with Crippen molar-refractivity contribution in [2.45, 2.75) is 25.8 Å². The zero-order chi connectivity index (χ0) is 11.0. The molecule has 1 aliphatic heterocycles. The van der Waals surface area contributed by atoms with E-state index in [0.717, 1.165) is 5.69 Å². The van der Waals surface area contributed by atoms with Crippen molar-refractivity contribution in [1.29, 1.82) is 0 Å². The van der Waals surface area contributed by atoms with Crippen molar-refractivity contribution in [3.05, 3.63) is 29.8 Å². The van der Waals surface area contributed by atoms with Crippen LogP contribution in [0.4, 0.5) is 5.69 Å². The van der Waals surface area contributed by atoms with E-state index >= 15 is 0 Å². The number of β-lactam (4-membered cyclic amide) rings is 1. The zero-order valence-electron chi connectivity index (χ0n) is 9.10. The number of nitrogens with two attached hydrogens (primary N) is 1. The van der Waals surface area contributed by atoms with Crippen molar-refractivity contribution in [2.24, 2.45) is 5.73 Å². The summed E-state index contributed by atoms with van der Waals surface area (Å²) in [5.41, 5.74) is 7.80. The molecule has 1 aromatic rings. The van der Waals surface area contributed by atoms with E-state index in [2.05, 4.69) is 19.9 Å². The standard InChI is InChI=1S/C12H16N2O/c1-8(2)9-5-3-4-6-11(9)14-7-10(13)12(14)15/h3-6,8,10H,7,13H2,1-2H3. The van der Waals surface area contributed by atoms with Crippen LogP contribution in [0.5, 0.6) is 0 Å².